The number of hydrogen-bond acceptors (Lipinski definition) is 7. The SMILES string of the molecule is CC/C=C\C/C=C\C/C=C\C/C=C\C/C=C\C/C=C\C/C=C\CCCCCCCCCCCCCCCCCC(=O)OC(COC(=O)CC/C=C\C/C=C\C/C=C\C/C=C\C/C=C\C/C=C\CC)COC(OCC[N+](C)(C)C)C(=O)O. The highest BCUT2D eigenvalue weighted by atomic mass is 16.7. The van der Waals surface area contributed by atoms with Gasteiger partial charge in [0.1, 0.15) is 13.2 Å². The van der Waals surface area contributed by atoms with E-state index in [9.17, 15) is 19.5 Å². The second-order valence-electron chi connectivity index (χ2n) is 21.6. The lowest BCUT2D eigenvalue weighted by Crippen LogP contribution is -2.40. The highest BCUT2D eigenvalue weighted by Crippen LogP contribution is 2.15. The fourth-order valence-corrected chi connectivity index (χ4v) is 8.02. The third kappa shape index (κ3) is 62.4. The molecule has 0 amide bonds. The highest BCUT2D eigenvalue weighted by molar-refractivity contribution is 5.71. The zero-order chi connectivity index (χ0) is 59.1. The number of carboxylic acids is 1. The second-order valence-corrected chi connectivity index (χ2v) is 21.6. The maximum atomic E-state index is 12.9. The van der Waals surface area contributed by atoms with Gasteiger partial charge in [0.2, 0.25) is 0 Å². The lowest BCUT2D eigenvalue weighted by Gasteiger charge is -2.25. The van der Waals surface area contributed by atoms with Crippen molar-refractivity contribution in [1.29, 1.82) is 0 Å². The van der Waals surface area contributed by atoms with Crippen LogP contribution in [-0.2, 0) is 33.3 Å². The first kappa shape index (κ1) is 75.9. The third-order valence-corrected chi connectivity index (χ3v) is 12.8. The molecule has 1 N–H and O–H groups in total. The Kier molecular flexibility index (Phi) is 57.2. The summed E-state index contributed by atoms with van der Waals surface area (Å²) in [4.78, 5) is 37.4. The maximum Gasteiger partial charge on any atom is 0.361 e. The first-order valence-electron chi connectivity index (χ1n) is 31.6. The summed E-state index contributed by atoms with van der Waals surface area (Å²) in [5, 5.41) is 9.71. The number of carboxylic acid groups (broad SMARTS) is 1. The number of quaternary nitrogens is 1. The number of nitrogens with zero attached hydrogens (tertiary/aromatic N) is 1. The number of aliphatic carboxylic acids is 1. The molecular formula is C72H116NO8+. The van der Waals surface area contributed by atoms with Crippen molar-refractivity contribution in [2.24, 2.45) is 0 Å². The predicted octanol–water partition coefficient (Wildman–Crippen LogP) is 19.3. The zero-order valence-corrected chi connectivity index (χ0v) is 51.9. The molecule has 2 unspecified atom stereocenters. The van der Waals surface area contributed by atoms with Gasteiger partial charge in [-0.2, -0.15) is 0 Å². The van der Waals surface area contributed by atoms with E-state index in [2.05, 4.69) is 160 Å². The Morgan fingerprint density at radius 1 is 0.370 bits per heavy atom. The van der Waals surface area contributed by atoms with E-state index in [1.54, 1.807) is 0 Å². The fourth-order valence-electron chi connectivity index (χ4n) is 8.02. The number of ether oxygens (including phenoxy) is 4. The van der Waals surface area contributed by atoms with Crippen LogP contribution in [0.25, 0.3) is 0 Å². The number of unbranched alkanes of at least 4 members (excludes halogenated alkanes) is 15. The summed E-state index contributed by atoms with van der Waals surface area (Å²) in [5.74, 6) is -2.13. The number of carbonyl (C=O) groups is 3. The van der Waals surface area contributed by atoms with Gasteiger partial charge in [-0.1, -0.05) is 255 Å². The van der Waals surface area contributed by atoms with E-state index >= 15 is 0 Å². The van der Waals surface area contributed by atoms with E-state index in [0.29, 0.717) is 23.9 Å². The molecule has 0 aromatic rings. The smallest absolute Gasteiger partial charge is 0.361 e. The van der Waals surface area contributed by atoms with E-state index in [0.717, 1.165) is 103 Å². The lowest BCUT2D eigenvalue weighted by molar-refractivity contribution is -0.870. The predicted molar refractivity (Wildman–Crippen MR) is 345 cm³/mol. The van der Waals surface area contributed by atoms with Gasteiger partial charge in [-0.15, -0.1) is 0 Å². The van der Waals surface area contributed by atoms with Crippen LogP contribution < -0.4 is 0 Å². The molecule has 0 bridgehead atoms. The average molecular weight is 1120 g/mol. The first-order valence-corrected chi connectivity index (χ1v) is 31.6. The quantitative estimate of drug-likeness (QED) is 0.0211. The molecule has 0 aliphatic heterocycles. The summed E-state index contributed by atoms with van der Waals surface area (Å²) in [6.07, 6.45) is 87.9. The molecule has 0 aliphatic rings. The molecule has 456 valence electrons. The van der Waals surface area contributed by atoms with Crippen molar-refractivity contribution in [3.8, 4) is 0 Å². The monoisotopic (exact) mass is 1120 g/mol. The minimum atomic E-state index is -1.54. The first-order chi connectivity index (χ1) is 39.6. The van der Waals surface area contributed by atoms with Crippen molar-refractivity contribution in [2.75, 3.05) is 47.5 Å². The van der Waals surface area contributed by atoms with Crippen molar-refractivity contribution < 1.29 is 42.9 Å². The highest BCUT2D eigenvalue weighted by Gasteiger charge is 2.25. The number of likely N-dealkylation sites (N-methyl/N-ethyl adjacent to an activating group) is 1. The molecule has 0 saturated carbocycles. The van der Waals surface area contributed by atoms with Crippen LogP contribution in [-0.4, -0.2) is 87.4 Å². The van der Waals surface area contributed by atoms with Crippen LogP contribution in [0.2, 0.25) is 0 Å². The number of carbonyl (C=O) groups excluding carboxylic acids is 2. The van der Waals surface area contributed by atoms with Gasteiger partial charge in [0.05, 0.1) is 34.4 Å². The number of esters is 2. The molecule has 0 rings (SSSR count). The Labute approximate surface area is 495 Å². The van der Waals surface area contributed by atoms with Gasteiger partial charge in [0, 0.05) is 12.8 Å². The van der Waals surface area contributed by atoms with Gasteiger partial charge in [0.25, 0.3) is 6.29 Å². The number of allylic oxidation sites excluding steroid dienone is 26. The third-order valence-electron chi connectivity index (χ3n) is 12.8. The van der Waals surface area contributed by atoms with Crippen LogP contribution in [0.5, 0.6) is 0 Å². The topological polar surface area (TPSA) is 108 Å². The Bertz CT molecular complexity index is 1880. The molecule has 0 heterocycles. The molecule has 9 nitrogen and oxygen atoms in total. The Morgan fingerprint density at radius 3 is 1.04 bits per heavy atom. The van der Waals surface area contributed by atoms with Gasteiger partial charge in [-0.3, -0.25) is 9.59 Å². The van der Waals surface area contributed by atoms with Gasteiger partial charge >= 0.3 is 17.9 Å². The van der Waals surface area contributed by atoms with E-state index in [1.165, 1.54) is 77.0 Å². The minimum absolute atomic E-state index is 0.169. The van der Waals surface area contributed by atoms with Crippen molar-refractivity contribution in [3.63, 3.8) is 0 Å². The van der Waals surface area contributed by atoms with Crippen molar-refractivity contribution >= 4 is 17.9 Å². The number of hydrogen-bond donors (Lipinski definition) is 1. The fraction of sp³-hybridized carbons (Fsp3) is 0.597. The zero-order valence-electron chi connectivity index (χ0n) is 51.9. The maximum absolute atomic E-state index is 12.9. The molecule has 81 heavy (non-hydrogen) atoms. The molecule has 0 radical (unpaired) electrons. The van der Waals surface area contributed by atoms with Crippen LogP contribution in [0, 0.1) is 0 Å². The number of rotatable bonds is 56. The van der Waals surface area contributed by atoms with E-state index < -0.39 is 30.3 Å². The van der Waals surface area contributed by atoms with E-state index in [-0.39, 0.29) is 32.7 Å². The lowest BCUT2D eigenvalue weighted by atomic mass is 10.0. The summed E-state index contributed by atoms with van der Waals surface area (Å²) in [6, 6.07) is 0. The second kappa shape index (κ2) is 61.0. The summed E-state index contributed by atoms with van der Waals surface area (Å²) >= 11 is 0. The van der Waals surface area contributed by atoms with Crippen LogP contribution in [0.15, 0.2) is 158 Å². The van der Waals surface area contributed by atoms with Crippen molar-refractivity contribution in [3.05, 3.63) is 158 Å². The van der Waals surface area contributed by atoms with Crippen LogP contribution in [0.4, 0.5) is 0 Å². The summed E-state index contributed by atoms with van der Waals surface area (Å²) in [5.41, 5.74) is 0. The molecule has 0 aromatic carbocycles. The summed E-state index contributed by atoms with van der Waals surface area (Å²) in [7, 11) is 5.94. The van der Waals surface area contributed by atoms with Gasteiger partial charge in [0.15, 0.2) is 6.10 Å². The Morgan fingerprint density at radius 2 is 0.691 bits per heavy atom. The van der Waals surface area contributed by atoms with Gasteiger partial charge in [-0.05, 0) is 109 Å². The minimum Gasteiger partial charge on any atom is -0.477 e. The largest absolute Gasteiger partial charge is 0.477 e. The molecule has 0 spiro atoms. The van der Waals surface area contributed by atoms with Crippen LogP contribution in [0.3, 0.4) is 0 Å². The standard InChI is InChI=1S/C72H115NO8/c1-6-8-10-12-14-16-18-20-22-24-26-27-28-29-30-31-32-33-34-35-36-37-38-39-40-41-42-43-45-47-49-51-53-55-57-59-61-63-70(75)81-68(67-80-72(71(76)77)78-65-64-73(3,4)5)66-79-69(74)62-60-58-56-54-52-50-48-46-44-25-23-21-19-17-15-13-11-9-7-2/h8-11,14-17,20-23,26-27,29-30,32-33,35-36,44,46,50,52,56,58,68,72H,6-7,12-13,18-19,24-25,28,31,34,37-43,45,47-49,51,53-55,57,59-67H2,1-5H3/p+1/b10-8-,11-9-,16-14-,17-15-,22-20-,23-21-,27-26-,30-29-,33-32-,36-35-,46-44-,52-50-,58-56-. The normalized spacial score (nSPS) is 13.8. The molecule has 0 saturated heterocycles. The van der Waals surface area contributed by atoms with E-state index in [1.807, 2.05) is 33.3 Å². The van der Waals surface area contributed by atoms with Crippen LogP contribution >= 0.6 is 0 Å². The van der Waals surface area contributed by atoms with E-state index in [4.69, 9.17) is 18.9 Å². The average Bonchev–Trinajstić information content (AvgIpc) is 3.44. The molecule has 2 atom stereocenters. The van der Waals surface area contributed by atoms with Crippen molar-refractivity contribution in [1.82, 2.24) is 0 Å². The summed E-state index contributed by atoms with van der Waals surface area (Å²) < 4.78 is 22.8. The molecule has 0 aliphatic carbocycles. The van der Waals surface area contributed by atoms with Gasteiger partial charge < -0.3 is 28.5 Å². The molecule has 0 fully saturated rings. The molecule has 9 heteroatoms. The molecular weight excluding hydrogens is 1010 g/mol. The Hall–Kier alpha value is -5.09. The Balaban J connectivity index is 4.21. The van der Waals surface area contributed by atoms with Crippen molar-refractivity contribution in [2.45, 2.75) is 232 Å². The molecule has 0 aromatic heterocycles. The van der Waals surface area contributed by atoms with Crippen LogP contribution in [0.1, 0.15) is 219 Å². The van der Waals surface area contributed by atoms with Gasteiger partial charge in [-0.25, -0.2) is 4.79 Å². The summed E-state index contributed by atoms with van der Waals surface area (Å²) in [6.45, 7) is 4.54.